The molecule has 7 rings (SSSR count). The summed E-state index contributed by atoms with van der Waals surface area (Å²) in [7, 11) is 2.78. The minimum Gasteiger partial charge on any atom is -0.468 e. The molecule has 0 bridgehead atoms. The lowest BCUT2D eigenvalue weighted by Crippen LogP contribution is -2.65. The van der Waals surface area contributed by atoms with Gasteiger partial charge in [0.05, 0.1) is 65.4 Å². The van der Waals surface area contributed by atoms with E-state index in [0.29, 0.717) is 6.61 Å². The van der Waals surface area contributed by atoms with E-state index < -0.39 is 73.2 Å². The fraction of sp³-hybridized carbons (Fsp3) is 0.392. The van der Waals surface area contributed by atoms with Crippen molar-refractivity contribution in [3.63, 3.8) is 0 Å². The average molecular weight is 878 g/mol. The zero-order valence-corrected chi connectivity index (χ0v) is 36.2. The Kier molecular flexibility index (Phi) is 18.0. The molecular formula is C51H59NO12. The number of methoxy groups -OCH3 is 2. The summed E-state index contributed by atoms with van der Waals surface area (Å²) in [5, 5.41) is 12.1. The van der Waals surface area contributed by atoms with Gasteiger partial charge in [0.25, 0.3) is 0 Å². The first kappa shape index (κ1) is 47.1. The smallest absolute Gasteiger partial charge is 0.323 e. The van der Waals surface area contributed by atoms with Crippen LogP contribution in [0.25, 0.3) is 0 Å². The minimum atomic E-state index is -1.29. The topological polar surface area (TPSA) is 156 Å². The standard InChI is InChI=1S/C51H59NO12/c1-55-49(54)43(52)42-46(59-30-37-22-12-5-13-23-37)45(58-29-36-20-10-4-11-21-36)41(33-57-28-35-18-8-3-9-19-35)64-50(42)62-34-40-44(53)47(60-31-38-24-14-6-15-25-38)48(51(56-2)63-40)61-32-39-26-16-7-17-27-39/h3-27,40-48,50-51,53H,28-34,52H2,1-2H3/t40-,41-,42-,43-,44-,45-,46-,47+,48-,50-,51+/m1/s1. The van der Waals surface area contributed by atoms with Crippen LogP contribution in [0.2, 0.25) is 0 Å². The van der Waals surface area contributed by atoms with Gasteiger partial charge < -0.3 is 58.2 Å². The molecule has 340 valence electrons. The minimum absolute atomic E-state index is 0.0731. The molecule has 2 heterocycles. The third kappa shape index (κ3) is 12.9. The number of carbonyl (C=O) groups is 1. The number of aliphatic hydroxyl groups is 1. The number of esters is 1. The Morgan fingerprint density at radius 2 is 0.922 bits per heavy atom. The lowest BCUT2D eigenvalue weighted by Gasteiger charge is -2.48. The second-order valence-corrected chi connectivity index (χ2v) is 15.8. The zero-order chi connectivity index (χ0) is 44.5. The van der Waals surface area contributed by atoms with E-state index in [1.165, 1.54) is 14.2 Å². The molecule has 0 amide bonds. The molecule has 2 saturated heterocycles. The molecule has 0 saturated carbocycles. The van der Waals surface area contributed by atoms with Gasteiger partial charge in [-0.2, -0.15) is 0 Å². The van der Waals surface area contributed by atoms with Gasteiger partial charge in [0, 0.05) is 7.11 Å². The summed E-state index contributed by atoms with van der Waals surface area (Å²) in [4.78, 5) is 13.5. The van der Waals surface area contributed by atoms with Crippen molar-refractivity contribution < 1.29 is 57.3 Å². The second kappa shape index (κ2) is 24.4. The summed E-state index contributed by atoms with van der Waals surface area (Å²) in [6.45, 7) is 0.929. The van der Waals surface area contributed by atoms with E-state index in [9.17, 15) is 9.90 Å². The van der Waals surface area contributed by atoms with Gasteiger partial charge >= 0.3 is 5.97 Å². The Balaban J connectivity index is 1.17. The highest BCUT2D eigenvalue weighted by atomic mass is 16.7. The molecule has 2 aliphatic heterocycles. The quantitative estimate of drug-likeness (QED) is 0.0767. The molecule has 0 radical (unpaired) electrons. The van der Waals surface area contributed by atoms with E-state index in [4.69, 9.17) is 53.1 Å². The number of nitrogens with two attached hydrogens (primary N) is 1. The molecule has 0 unspecified atom stereocenters. The maximum absolute atomic E-state index is 13.5. The van der Waals surface area contributed by atoms with Crippen LogP contribution < -0.4 is 5.73 Å². The summed E-state index contributed by atoms with van der Waals surface area (Å²) >= 11 is 0. The highest BCUT2D eigenvalue weighted by molar-refractivity contribution is 5.76. The Morgan fingerprint density at radius 3 is 1.38 bits per heavy atom. The van der Waals surface area contributed by atoms with Gasteiger partial charge in [-0.25, -0.2) is 0 Å². The molecule has 0 aliphatic carbocycles. The maximum atomic E-state index is 13.5. The summed E-state index contributed by atoms with van der Waals surface area (Å²) < 4.78 is 63.5. The predicted molar refractivity (Wildman–Crippen MR) is 236 cm³/mol. The predicted octanol–water partition coefficient (Wildman–Crippen LogP) is 6.14. The van der Waals surface area contributed by atoms with Crippen LogP contribution in [0.1, 0.15) is 27.8 Å². The number of ether oxygens (including phenoxy) is 10. The molecule has 0 spiro atoms. The third-order valence-electron chi connectivity index (χ3n) is 11.4. The number of rotatable bonds is 22. The fourth-order valence-electron chi connectivity index (χ4n) is 7.99. The Hall–Kier alpha value is -4.87. The zero-order valence-electron chi connectivity index (χ0n) is 36.2. The van der Waals surface area contributed by atoms with Crippen molar-refractivity contribution in [2.24, 2.45) is 11.7 Å². The molecule has 13 heteroatoms. The highest BCUT2D eigenvalue weighted by Crippen LogP contribution is 2.36. The fourth-order valence-corrected chi connectivity index (χ4v) is 7.99. The van der Waals surface area contributed by atoms with Gasteiger partial charge in [-0.1, -0.05) is 152 Å². The molecule has 3 N–H and O–H groups in total. The molecule has 13 nitrogen and oxygen atoms in total. The van der Waals surface area contributed by atoms with Crippen LogP contribution >= 0.6 is 0 Å². The van der Waals surface area contributed by atoms with Crippen LogP contribution in [0.3, 0.4) is 0 Å². The first-order chi connectivity index (χ1) is 31.4. The summed E-state index contributed by atoms with van der Waals surface area (Å²) in [6, 6.07) is 47.2. The molecule has 64 heavy (non-hydrogen) atoms. The van der Waals surface area contributed by atoms with E-state index in [1.807, 2.05) is 152 Å². The summed E-state index contributed by atoms with van der Waals surface area (Å²) in [6.07, 6.45) is -8.63. The molecule has 11 atom stereocenters. The highest BCUT2D eigenvalue weighted by Gasteiger charge is 2.53. The van der Waals surface area contributed by atoms with Crippen molar-refractivity contribution in [1.82, 2.24) is 0 Å². The third-order valence-corrected chi connectivity index (χ3v) is 11.4. The van der Waals surface area contributed by atoms with Crippen LogP contribution in [-0.2, 0) is 85.2 Å². The largest absolute Gasteiger partial charge is 0.468 e. The van der Waals surface area contributed by atoms with Gasteiger partial charge in [-0.15, -0.1) is 0 Å². The maximum Gasteiger partial charge on any atom is 0.323 e. The van der Waals surface area contributed by atoms with E-state index in [2.05, 4.69) is 0 Å². The van der Waals surface area contributed by atoms with Crippen molar-refractivity contribution in [3.8, 4) is 0 Å². The van der Waals surface area contributed by atoms with Gasteiger partial charge in [0.2, 0.25) is 0 Å². The van der Waals surface area contributed by atoms with Crippen molar-refractivity contribution >= 4 is 5.97 Å². The SMILES string of the molecule is COC(=O)[C@H](N)[C@H]1[C@H](OC[C@H]2O[C@H](OC)[C@H](OCc3ccccc3)[C@@H](OCc3ccccc3)[C@@H]2O)O[C@H](COCc2ccccc2)[C@@H](OCc2ccccc2)[C@@H]1OCc1ccccc1. The normalized spacial score (nSPS) is 26.2. The number of aliphatic hydroxyl groups excluding tert-OH is 1. The Morgan fingerprint density at radius 1 is 0.516 bits per heavy atom. The van der Waals surface area contributed by atoms with Crippen molar-refractivity contribution in [1.29, 1.82) is 0 Å². The van der Waals surface area contributed by atoms with Gasteiger partial charge in [0.1, 0.15) is 42.7 Å². The van der Waals surface area contributed by atoms with Crippen LogP contribution in [0, 0.1) is 5.92 Å². The molecule has 5 aromatic carbocycles. The lowest BCUT2D eigenvalue weighted by molar-refractivity contribution is -0.338. The molecule has 0 aromatic heterocycles. The van der Waals surface area contributed by atoms with E-state index in [0.717, 1.165) is 27.8 Å². The lowest BCUT2D eigenvalue weighted by atomic mass is 9.85. The van der Waals surface area contributed by atoms with Crippen LogP contribution in [0.15, 0.2) is 152 Å². The van der Waals surface area contributed by atoms with E-state index in [1.54, 1.807) is 0 Å². The molecular weight excluding hydrogens is 819 g/mol. The number of carbonyl (C=O) groups excluding carboxylic acids is 1. The van der Waals surface area contributed by atoms with Crippen molar-refractivity contribution in [2.75, 3.05) is 27.4 Å². The first-order valence-electron chi connectivity index (χ1n) is 21.6. The second-order valence-electron chi connectivity index (χ2n) is 15.8. The number of hydrogen-bond acceptors (Lipinski definition) is 13. The van der Waals surface area contributed by atoms with E-state index >= 15 is 0 Å². The average Bonchev–Trinajstić information content (AvgIpc) is 3.35. The van der Waals surface area contributed by atoms with Crippen LogP contribution in [0.5, 0.6) is 0 Å². The van der Waals surface area contributed by atoms with Gasteiger partial charge in [-0.3, -0.25) is 4.79 Å². The monoisotopic (exact) mass is 877 g/mol. The van der Waals surface area contributed by atoms with Crippen molar-refractivity contribution in [2.45, 2.75) is 94.4 Å². The summed E-state index contributed by atoms with van der Waals surface area (Å²) in [5.41, 5.74) is 11.4. The van der Waals surface area contributed by atoms with Gasteiger partial charge in [0.15, 0.2) is 12.6 Å². The molecule has 2 aliphatic rings. The summed E-state index contributed by atoms with van der Waals surface area (Å²) in [5.74, 6) is -1.68. The molecule has 2 fully saturated rings. The van der Waals surface area contributed by atoms with Crippen LogP contribution in [-0.4, -0.2) is 99.9 Å². The molecule has 5 aromatic rings. The number of hydrogen-bond donors (Lipinski definition) is 2. The first-order valence-corrected chi connectivity index (χ1v) is 21.6. The van der Waals surface area contributed by atoms with Gasteiger partial charge in [-0.05, 0) is 27.8 Å². The van der Waals surface area contributed by atoms with Crippen LogP contribution in [0.4, 0.5) is 0 Å². The van der Waals surface area contributed by atoms with Crippen molar-refractivity contribution in [3.05, 3.63) is 179 Å². The Bertz CT molecular complexity index is 2070. The van der Waals surface area contributed by atoms with E-state index in [-0.39, 0.29) is 39.6 Å². The Labute approximate surface area is 375 Å². The number of benzene rings is 5.